The lowest BCUT2D eigenvalue weighted by molar-refractivity contribution is 0.321. The third-order valence-electron chi connectivity index (χ3n) is 2.39. The van der Waals surface area contributed by atoms with E-state index in [9.17, 15) is 0 Å². The summed E-state index contributed by atoms with van der Waals surface area (Å²) in [4.78, 5) is 2.38. The highest BCUT2D eigenvalue weighted by Crippen LogP contribution is 1.96. The Morgan fingerprint density at radius 2 is 1.38 bits per heavy atom. The fourth-order valence-corrected chi connectivity index (χ4v) is 1.56. The van der Waals surface area contributed by atoms with Crippen LogP contribution in [0, 0.1) is 0 Å². The minimum Gasteiger partial charge on any atom is -0.304 e. The molecule has 0 aliphatic heterocycles. The number of halogens is 2. The first-order valence-corrected chi connectivity index (χ1v) is 6.58. The van der Waals surface area contributed by atoms with Crippen molar-refractivity contribution in [1.29, 1.82) is 0 Å². The molecule has 1 rings (SSSR count). The Morgan fingerprint density at radius 1 is 0.938 bits per heavy atom. The predicted octanol–water partition coefficient (Wildman–Crippen LogP) is 3.21. The second kappa shape index (κ2) is 10.0. The first-order valence-electron chi connectivity index (χ1n) is 5.71. The number of benzene rings is 1. The predicted molar refractivity (Wildman–Crippen MR) is 77.0 cm³/mol. The van der Waals surface area contributed by atoms with Crippen LogP contribution in [0.2, 0.25) is 0 Å². The van der Waals surface area contributed by atoms with Crippen LogP contribution < -0.4 is 5.46 Å². The molecule has 0 aromatic heterocycles. The molecule has 0 aliphatic rings. The molecule has 0 amide bonds. The normalized spacial score (nSPS) is 9.62. The Balaban J connectivity index is 0.000000293. The van der Waals surface area contributed by atoms with Crippen molar-refractivity contribution in [3.05, 3.63) is 30.3 Å². The number of hydrogen-bond acceptors (Lipinski definition) is 1. The van der Waals surface area contributed by atoms with Gasteiger partial charge >= 0.3 is 5.54 Å². The summed E-state index contributed by atoms with van der Waals surface area (Å²) in [7, 11) is 0. The van der Waals surface area contributed by atoms with Gasteiger partial charge in [-0.25, -0.2) is 0 Å². The second-order valence-electron chi connectivity index (χ2n) is 3.33. The van der Waals surface area contributed by atoms with Crippen molar-refractivity contribution >= 4 is 33.9 Å². The molecule has 0 fully saturated rings. The highest BCUT2D eigenvalue weighted by molar-refractivity contribution is 7.39. The van der Waals surface area contributed by atoms with Gasteiger partial charge in [-0.15, -0.1) is 0 Å². The minimum absolute atomic E-state index is 0.397. The lowest BCUT2D eigenvalue weighted by Gasteiger charge is -2.13. The summed E-state index contributed by atoms with van der Waals surface area (Å²) in [5.74, 6) is 0. The number of hydrogen-bond donors (Lipinski definition) is 0. The summed E-state index contributed by atoms with van der Waals surface area (Å²) in [6.45, 7) is 10.1. The quantitative estimate of drug-likeness (QED) is 0.751. The van der Waals surface area contributed by atoms with Crippen LogP contribution in [0.3, 0.4) is 0 Å². The van der Waals surface area contributed by atoms with Crippen LogP contribution in [0.25, 0.3) is 0 Å². The summed E-state index contributed by atoms with van der Waals surface area (Å²) in [5, 5.41) is 0. The summed E-state index contributed by atoms with van der Waals surface area (Å²) < 4.78 is 0. The molecule has 0 atom stereocenters. The number of nitrogens with zero attached hydrogens (tertiary/aromatic N) is 1. The van der Waals surface area contributed by atoms with Gasteiger partial charge < -0.3 is 4.90 Å². The lowest BCUT2D eigenvalue weighted by atomic mass is 9.93. The fraction of sp³-hybridized carbons (Fsp3) is 0.500. The van der Waals surface area contributed by atoms with Gasteiger partial charge in [0, 0.05) is 0 Å². The molecule has 0 spiro atoms. The van der Waals surface area contributed by atoms with Gasteiger partial charge in [0.1, 0.15) is 0 Å². The van der Waals surface area contributed by atoms with E-state index in [1.165, 1.54) is 19.6 Å². The molecule has 0 heterocycles. The Bertz CT molecular complexity index is 245. The van der Waals surface area contributed by atoms with Crippen molar-refractivity contribution in [2.24, 2.45) is 0 Å². The molecule has 0 saturated carbocycles. The summed E-state index contributed by atoms with van der Waals surface area (Å²) in [6, 6.07) is 9.54. The maximum Gasteiger partial charge on any atom is 0.382 e. The minimum atomic E-state index is -0.397. The average Bonchev–Trinajstić information content (AvgIpc) is 2.33. The third-order valence-corrected chi connectivity index (χ3v) is 2.90. The zero-order chi connectivity index (χ0) is 12.4. The van der Waals surface area contributed by atoms with E-state index in [0.29, 0.717) is 0 Å². The van der Waals surface area contributed by atoms with Crippen LogP contribution in [0.5, 0.6) is 0 Å². The van der Waals surface area contributed by atoms with Crippen LogP contribution >= 0.6 is 22.9 Å². The van der Waals surface area contributed by atoms with Crippen molar-refractivity contribution in [3.63, 3.8) is 0 Å². The first-order chi connectivity index (χ1) is 7.65. The highest BCUT2D eigenvalue weighted by atomic mass is 35.5. The molecule has 16 heavy (non-hydrogen) atoms. The second-order valence-corrected chi connectivity index (χ2v) is 4.43. The van der Waals surface area contributed by atoms with Crippen molar-refractivity contribution in [3.8, 4) is 0 Å². The molecule has 0 saturated heterocycles. The molecular formula is C12H20BCl2N. The van der Waals surface area contributed by atoms with E-state index in [2.05, 4.69) is 25.7 Å². The van der Waals surface area contributed by atoms with Crippen LogP contribution in [0.1, 0.15) is 20.8 Å². The van der Waals surface area contributed by atoms with E-state index in [0.717, 1.165) is 5.46 Å². The van der Waals surface area contributed by atoms with Crippen LogP contribution in [-0.2, 0) is 0 Å². The van der Waals surface area contributed by atoms with Gasteiger partial charge in [-0.3, -0.25) is 0 Å². The van der Waals surface area contributed by atoms with E-state index >= 15 is 0 Å². The maximum absolute atomic E-state index is 5.57. The molecule has 1 aromatic rings. The van der Waals surface area contributed by atoms with Gasteiger partial charge in [0.25, 0.3) is 0 Å². The molecule has 1 nitrogen and oxygen atoms in total. The van der Waals surface area contributed by atoms with E-state index in [-0.39, 0.29) is 0 Å². The molecule has 0 radical (unpaired) electrons. The lowest BCUT2D eigenvalue weighted by Crippen LogP contribution is -2.21. The standard InChI is InChI=1S/C6H5BCl2.C6H15N/c8-7(9)6-4-2-1-3-5-6;1-4-7(5-2)6-3/h1-5H;4-6H2,1-3H3. The third kappa shape index (κ3) is 7.16. The Kier molecular flexibility index (Phi) is 9.90. The summed E-state index contributed by atoms with van der Waals surface area (Å²) in [6.07, 6.45) is 0. The SMILES string of the molecule is CCN(CC)CC.ClB(Cl)c1ccccc1. The van der Waals surface area contributed by atoms with Crippen LogP contribution in [0.4, 0.5) is 0 Å². The molecule has 0 bridgehead atoms. The van der Waals surface area contributed by atoms with Gasteiger partial charge in [0.15, 0.2) is 0 Å². The zero-order valence-corrected chi connectivity index (χ0v) is 11.8. The Hall–Kier alpha value is -0.175. The van der Waals surface area contributed by atoms with Crippen molar-refractivity contribution < 1.29 is 0 Å². The van der Waals surface area contributed by atoms with E-state index in [4.69, 9.17) is 22.9 Å². The summed E-state index contributed by atoms with van der Waals surface area (Å²) >= 11 is 11.1. The molecular weight excluding hydrogens is 240 g/mol. The largest absolute Gasteiger partial charge is 0.382 e. The van der Waals surface area contributed by atoms with Gasteiger partial charge in [0.2, 0.25) is 0 Å². The van der Waals surface area contributed by atoms with E-state index in [1.54, 1.807) is 0 Å². The van der Waals surface area contributed by atoms with Crippen LogP contribution in [-0.4, -0.2) is 30.1 Å². The smallest absolute Gasteiger partial charge is 0.304 e. The highest BCUT2D eigenvalue weighted by Gasteiger charge is 2.06. The topological polar surface area (TPSA) is 3.24 Å². The van der Waals surface area contributed by atoms with Gasteiger partial charge in [-0.1, -0.05) is 51.1 Å². The molecule has 0 unspecified atom stereocenters. The van der Waals surface area contributed by atoms with Crippen molar-refractivity contribution in [2.45, 2.75) is 20.8 Å². The van der Waals surface area contributed by atoms with E-state index < -0.39 is 5.54 Å². The molecule has 0 aliphatic carbocycles. The summed E-state index contributed by atoms with van der Waals surface area (Å²) in [5.41, 5.74) is 0.548. The Morgan fingerprint density at radius 3 is 1.56 bits per heavy atom. The fourth-order valence-electron chi connectivity index (χ4n) is 1.27. The zero-order valence-electron chi connectivity index (χ0n) is 10.3. The van der Waals surface area contributed by atoms with E-state index in [1.807, 2.05) is 30.3 Å². The van der Waals surface area contributed by atoms with Gasteiger partial charge in [-0.2, -0.15) is 22.9 Å². The molecule has 4 heteroatoms. The Labute approximate surface area is 110 Å². The molecule has 1 aromatic carbocycles. The first kappa shape index (κ1) is 15.8. The maximum atomic E-state index is 5.57. The average molecular weight is 260 g/mol. The number of rotatable bonds is 4. The van der Waals surface area contributed by atoms with Crippen molar-refractivity contribution in [1.82, 2.24) is 4.90 Å². The monoisotopic (exact) mass is 259 g/mol. The molecule has 90 valence electrons. The van der Waals surface area contributed by atoms with Crippen LogP contribution in [0.15, 0.2) is 30.3 Å². The van der Waals surface area contributed by atoms with Crippen molar-refractivity contribution in [2.75, 3.05) is 19.6 Å². The van der Waals surface area contributed by atoms with Gasteiger partial charge in [-0.05, 0) is 25.1 Å². The van der Waals surface area contributed by atoms with Gasteiger partial charge in [0.05, 0.1) is 0 Å². The molecule has 0 N–H and O–H groups in total.